The molecule has 0 aromatic heterocycles. The third-order valence-electron chi connectivity index (χ3n) is 5.66. The van der Waals surface area contributed by atoms with Gasteiger partial charge in [-0.25, -0.2) is 4.79 Å². The number of piperidine rings is 1. The summed E-state index contributed by atoms with van der Waals surface area (Å²) < 4.78 is 5.22. The third kappa shape index (κ3) is 4.09. The average Bonchev–Trinajstić information content (AvgIpc) is 2.88. The molecular weight excluding hydrogens is 346 g/mol. The Morgan fingerprint density at radius 2 is 2.00 bits per heavy atom. The zero-order chi connectivity index (χ0) is 19.6. The van der Waals surface area contributed by atoms with Crippen LogP contribution in [0.25, 0.3) is 0 Å². The summed E-state index contributed by atoms with van der Waals surface area (Å²) in [5.74, 6) is 0.980. The lowest BCUT2D eigenvalue weighted by atomic mass is 9.92. The second-order valence-corrected chi connectivity index (χ2v) is 7.84. The number of carbonyl (C=O) groups excluding carboxylic acids is 2. The quantitative estimate of drug-likeness (QED) is 0.738. The minimum absolute atomic E-state index is 0.00369. The van der Waals surface area contributed by atoms with Crippen molar-refractivity contribution in [1.82, 2.24) is 15.1 Å². The van der Waals surface area contributed by atoms with E-state index in [0.29, 0.717) is 23.8 Å². The molecule has 0 bridgehead atoms. The maximum atomic E-state index is 13.0. The number of imide groups is 1. The van der Waals surface area contributed by atoms with Crippen molar-refractivity contribution in [1.29, 1.82) is 0 Å². The molecule has 0 spiro atoms. The van der Waals surface area contributed by atoms with Crippen LogP contribution in [0.1, 0.15) is 32.3 Å². The van der Waals surface area contributed by atoms with Crippen LogP contribution in [0.15, 0.2) is 24.3 Å². The second-order valence-electron chi connectivity index (χ2n) is 7.84. The van der Waals surface area contributed by atoms with E-state index in [4.69, 9.17) is 4.74 Å². The molecule has 2 aliphatic heterocycles. The lowest BCUT2D eigenvalue weighted by Gasteiger charge is -2.32. The van der Waals surface area contributed by atoms with E-state index in [2.05, 4.69) is 17.1 Å². The first-order valence-corrected chi connectivity index (χ1v) is 9.52. The minimum atomic E-state index is -1.16. The van der Waals surface area contributed by atoms with Crippen molar-refractivity contribution < 1.29 is 19.4 Å². The van der Waals surface area contributed by atoms with E-state index in [9.17, 15) is 14.7 Å². The molecule has 7 nitrogen and oxygen atoms in total. The molecule has 2 N–H and O–H groups in total. The van der Waals surface area contributed by atoms with Gasteiger partial charge in [0.15, 0.2) is 0 Å². The van der Waals surface area contributed by atoms with Gasteiger partial charge in [0, 0.05) is 6.54 Å². The monoisotopic (exact) mass is 375 g/mol. The number of methoxy groups -OCH3 is 1. The Hall–Kier alpha value is -2.12. The van der Waals surface area contributed by atoms with Gasteiger partial charge >= 0.3 is 6.03 Å². The van der Waals surface area contributed by atoms with Crippen molar-refractivity contribution in [3.63, 3.8) is 0 Å². The Morgan fingerprint density at radius 3 is 2.67 bits per heavy atom. The van der Waals surface area contributed by atoms with Crippen LogP contribution in [0.4, 0.5) is 4.79 Å². The van der Waals surface area contributed by atoms with Gasteiger partial charge in [-0.2, -0.15) is 0 Å². The number of likely N-dealkylation sites (tertiary alicyclic amines) is 1. The molecule has 0 saturated carbocycles. The SMILES string of the molecule is COc1cccc([C@]2(C)NC(=O)N(C[C@H](O)CN3CCC(C)CC3)C2=O)c1. The molecule has 3 rings (SSSR count). The Kier molecular flexibility index (Phi) is 5.72. The van der Waals surface area contributed by atoms with Crippen molar-refractivity contribution in [3.8, 4) is 5.75 Å². The van der Waals surface area contributed by atoms with Gasteiger partial charge in [-0.15, -0.1) is 0 Å². The summed E-state index contributed by atoms with van der Waals surface area (Å²) in [4.78, 5) is 28.7. The van der Waals surface area contributed by atoms with Crippen molar-refractivity contribution in [2.45, 2.75) is 38.3 Å². The molecule has 148 valence electrons. The molecule has 2 atom stereocenters. The van der Waals surface area contributed by atoms with Crippen LogP contribution in [0.5, 0.6) is 5.75 Å². The summed E-state index contributed by atoms with van der Waals surface area (Å²) >= 11 is 0. The van der Waals surface area contributed by atoms with E-state index in [1.54, 1.807) is 38.3 Å². The number of amides is 3. The molecule has 0 unspecified atom stereocenters. The van der Waals surface area contributed by atoms with Crippen molar-refractivity contribution >= 4 is 11.9 Å². The molecule has 2 fully saturated rings. The van der Waals surface area contributed by atoms with Crippen LogP contribution in [0.2, 0.25) is 0 Å². The lowest BCUT2D eigenvalue weighted by molar-refractivity contribution is -0.132. The number of β-amino-alcohol motifs (C(OH)–C–C–N with tert-alkyl or cyclic N) is 1. The van der Waals surface area contributed by atoms with Crippen LogP contribution in [0.3, 0.4) is 0 Å². The molecule has 2 saturated heterocycles. The largest absolute Gasteiger partial charge is 0.497 e. The molecule has 1 aromatic carbocycles. The molecule has 2 aliphatic rings. The normalized spacial score (nSPS) is 25.6. The fraction of sp³-hybridized carbons (Fsp3) is 0.600. The number of urea groups is 1. The first-order chi connectivity index (χ1) is 12.8. The predicted octanol–water partition coefficient (Wildman–Crippen LogP) is 1.55. The summed E-state index contributed by atoms with van der Waals surface area (Å²) in [6, 6.07) is 6.63. The maximum absolute atomic E-state index is 13.0. The van der Waals surface area contributed by atoms with E-state index in [1.807, 2.05) is 0 Å². The number of hydrogen-bond donors (Lipinski definition) is 2. The van der Waals surface area contributed by atoms with Crippen molar-refractivity contribution in [3.05, 3.63) is 29.8 Å². The van der Waals surface area contributed by atoms with Gasteiger partial charge in [-0.3, -0.25) is 9.69 Å². The number of hydrogen-bond acceptors (Lipinski definition) is 5. The number of carbonyl (C=O) groups is 2. The molecule has 1 aromatic rings. The second kappa shape index (κ2) is 7.86. The van der Waals surface area contributed by atoms with Crippen LogP contribution < -0.4 is 10.1 Å². The fourth-order valence-corrected chi connectivity index (χ4v) is 3.80. The highest BCUT2D eigenvalue weighted by Gasteiger charge is 2.49. The standard InChI is InChI=1S/C20H29N3O4/c1-14-7-9-22(10-8-14)12-16(24)13-23-18(25)20(2,21-19(23)26)15-5-4-6-17(11-15)27-3/h4-6,11,14,16,24H,7-10,12-13H2,1-3H3,(H,21,26)/t16-,20+/m1/s1. The van der Waals surface area contributed by atoms with E-state index >= 15 is 0 Å². The summed E-state index contributed by atoms with van der Waals surface area (Å²) in [5, 5.41) is 13.2. The Balaban J connectivity index is 1.66. The van der Waals surface area contributed by atoms with Crippen LogP contribution in [-0.2, 0) is 10.3 Å². The molecular formula is C20H29N3O4. The first kappa shape index (κ1) is 19.6. The van der Waals surface area contributed by atoms with Gasteiger partial charge in [0.05, 0.1) is 19.8 Å². The molecule has 7 heteroatoms. The topological polar surface area (TPSA) is 82.1 Å². The number of nitrogens with zero attached hydrogens (tertiary/aromatic N) is 2. The molecule has 27 heavy (non-hydrogen) atoms. The summed E-state index contributed by atoms with van der Waals surface area (Å²) in [6.45, 7) is 6.27. The zero-order valence-electron chi connectivity index (χ0n) is 16.3. The number of benzene rings is 1. The summed E-state index contributed by atoms with van der Waals surface area (Å²) in [5.41, 5.74) is -0.506. The molecule has 3 amide bonds. The third-order valence-corrected chi connectivity index (χ3v) is 5.66. The van der Waals surface area contributed by atoms with Crippen LogP contribution in [-0.4, -0.2) is 66.2 Å². The molecule has 2 heterocycles. The van der Waals surface area contributed by atoms with E-state index in [1.165, 1.54) is 0 Å². The average molecular weight is 375 g/mol. The highest BCUT2D eigenvalue weighted by Crippen LogP contribution is 2.31. The van der Waals surface area contributed by atoms with Crippen molar-refractivity contribution in [2.75, 3.05) is 33.3 Å². The minimum Gasteiger partial charge on any atom is -0.497 e. The first-order valence-electron chi connectivity index (χ1n) is 9.52. The number of rotatable bonds is 6. The Labute approximate surface area is 160 Å². The Morgan fingerprint density at radius 1 is 1.30 bits per heavy atom. The van der Waals surface area contributed by atoms with Gasteiger partial charge < -0.3 is 20.1 Å². The smallest absolute Gasteiger partial charge is 0.325 e. The van der Waals surface area contributed by atoms with E-state index < -0.39 is 17.7 Å². The number of nitrogens with one attached hydrogen (secondary N) is 1. The summed E-state index contributed by atoms with van der Waals surface area (Å²) in [6.07, 6.45) is 1.47. The predicted molar refractivity (Wildman–Crippen MR) is 101 cm³/mol. The van der Waals surface area contributed by atoms with E-state index in [0.717, 1.165) is 30.8 Å². The zero-order valence-corrected chi connectivity index (χ0v) is 16.3. The van der Waals surface area contributed by atoms with Gasteiger partial charge in [0.25, 0.3) is 5.91 Å². The number of aliphatic hydroxyl groups is 1. The van der Waals surface area contributed by atoms with Crippen molar-refractivity contribution in [2.24, 2.45) is 5.92 Å². The Bertz CT molecular complexity index is 702. The highest BCUT2D eigenvalue weighted by molar-refractivity contribution is 6.07. The molecule has 0 radical (unpaired) electrons. The van der Waals surface area contributed by atoms with E-state index in [-0.39, 0.29) is 12.5 Å². The highest BCUT2D eigenvalue weighted by atomic mass is 16.5. The van der Waals surface area contributed by atoms with Gasteiger partial charge in [0.2, 0.25) is 0 Å². The van der Waals surface area contributed by atoms with Gasteiger partial charge in [-0.1, -0.05) is 19.1 Å². The fourth-order valence-electron chi connectivity index (χ4n) is 3.80. The van der Waals surface area contributed by atoms with Crippen LogP contribution >= 0.6 is 0 Å². The number of aliphatic hydroxyl groups excluding tert-OH is 1. The van der Waals surface area contributed by atoms with Gasteiger partial charge in [-0.05, 0) is 56.5 Å². The van der Waals surface area contributed by atoms with Crippen LogP contribution in [0, 0.1) is 5.92 Å². The number of ether oxygens (including phenoxy) is 1. The maximum Gasteiger partial charge on any atom is 0.325 e. The molecule has 0 aliphatic carbocycles. The lowest BCUT2D eigenvalue weighted by Crippen LogP contribution is -2.45. The van der Waals surface area contributed by atoms with Gasteiger partial charge in [0.1, 0.15) is 11.3 Å². The summed E-state index contributed by atoms with van der Waals surface area (Å²) in [7, 11) is 1.56.